The molecule has 27 heavy (non-hydrogen) atoms. The average molecular weight is 364 g/mol. The number of fused-ring (bicyclic) bond motifs is 1. The van der Waals surface area contributed by atoms with E-state index < -0.39 is 0 Å². The molecule has 146 valence electrons. The second-order valence-electron chi connectivity index (χ2n) is 10.9. The summed E-state index contributed by atoms with van der Waals surface area (Å²) in [7, 11) is 0. The molecule has 0 unspecified atom stereocenters. The molecule has 4 bridgehead atoms. The number of benzene rings is 1. The first-order valence-corrected chi connectivity index (χ1v) is 12.2. The van der Waals surface area contributed by atoms with Crippen LogP contribution in [0.5, 0.6) is 0 Å². The summed E-state index contributed by atoms with van der Waals surface area (Å²) in [5.41, 5.74) is 4.91. The van der Waals surface area contributed by atoms with E-state index >= 15 is 0 Å². The molecule has 0 N–H and O–H groups in total. The minimum Gasteiger partial charge on any atom is -0.296 e. The van der Waals surface area contributed by atoms with Gasteiger partial charge in [-0.25, -0.2) is 0 Å². The Morgan fingerprint density at radius 2 is 1.48 bits per heavy atom. The largest absolute Gasteiger partial charge is 0.296 e. The zero-order valence-electron chi connectivity index (χ0n) is 17.0. The molecule has 5 saturated carbocycles. The van der Waals surface area contributed by atoms with Crippen molar-refractivity contribution in [1.82, 2.24) is 4.90 Å². The van der Waals surface area contributed by atoms with Gasteiger partial charge in [0.15, 0.2) is 0 Å². The standard InChI is InChI=1S/C26H37N/c1-2-5-22-11-18(8-9-21(22)4-1)16-27(25-6-3-7-25)17-26-23-12-19-10-20(14-23)15-24(26)13-19/h8-9,11,19-20,23-26H,1-7,10,12-17H2. The Morgan fingerprint density at radius 1 is 0.778 bits per heavy atom. The first kappa shape index (κ1) is 17.1. The van der Waals surface area contributed by atoms with Crippen LogP contribution in [0.4, 0.5) is 0 Å². The zero-order valence-corrected chi connectivity index (χ0v) is 17.0. The van der Waals surface area contributed by atoms with Crippen LogP contribution in [0, 0.1) is 29.6 Å². The molecule has 1 nitrogen and oxygen atoms in total. The monoisotopic (exact) mass is 363 g/mol. The van der Waals surface area contributed by atoms with Crippen molar-refractivity contribution in [3.63, 3.8) is 0 Å². The fourth-order valence-electron chi connectivity index (χ4n) is 7.82. The highest BCUT2D eigenvalue weighted by Crippen LogP contribution is 2.56. The number of aryl methyl sites for hydroxylation is 2. The highest BCUT2D eigenvalue weighted by Gasteiger charge is 2.48. The first-order chi connectivity index (χ1) is 13.3. The maximum Gasteiger partial charge on any atom is 0.0236 e. The Morgan fingerprint density at radius 3 is 2.15 bits per heavy atom. The van der Waals surface area contributed by atoms with Crippen LogP contribution < -0.4 is 0 Å². The van der Waals surface area contributed by atoms with Crippen LogP contribution >= 0.6 is 0 Å². The minimum absolute atomic E-state index is 0.887. The highest BCUT2D eigenvalue weighted by molar-refractivity contribution is 5.33. The van der Waals surface area contributed by atoms with Crippen LogP contribution in [0.1, 0.15) is 80.9 Å². The Hall–Kier alpha value is -0.820. The van der Waals surface area contributed by atoms with Gasteiger partial charge in [-0.15, -0.1) is 0 Å². The lowest BCUT2D eigenvalue weighted by Gasteiger charge is -2.56. The van der Waals surface area contributed by atoms with E-state index in [0.29, 0.717) is 0 Å². The molecular weight excluding hydrogens is 326 g/mol. The van der Waals surface area contributed by atoms with E-state index in [0.717, 1.165) is 35.6 Å². The molecule has 5 fully saturated rings. The van der Waals surface area contributed by atoms with Crippen LogP contribution in [0.25, 0.3) is 0 Å². The second kappa shape index (κ2) is 6.90. The van der Waals surface area contributed by atoms with Crippen molar-refractivity contribution < 1.29 is 0 Å². The topological polar surface area (TPSA) is 3.24 Å². The van der Waals surface area contributed by atoms with E-state index in [1.807, 2.05) is 0 Å². The number of hydrogen-bond acceptors (Lipinski definition) is 1. The lowest BCUT2D eigenvalue weighted by Crippen LogP contribution is -2.51. The van der Waals surface area contributed by atoms with Crippen molar-refractivity contribution in [2.45, 2.75) is 89.6 Å². The molecule has 0 heterocycles. The molecule has 1 aromatic carbocycles. The molecule has 0 spiro atoms. The maximum atomic E-state index is 2.95. The summed E-state index contributed by atoms with van der Waals surface area (Å²) in [6.45, 7) is 2.64. The second-order valence-corrected chi connectivity index (χ2v) is 10.9. The maximum absolute atomic E-state index is 2.95. The highest BCUT2D eigenvalue weighted by atomic mass is 15.2. The fourth-order valence-corrected chi connectivity index (χ4v) is 7.82. The van der Waals surface area contributed by atoms with Gasteiger partial charge in [0.1, 0.15) is 0 Å². The predicted octanol–water partition coefficient (Wildman–Crippen LogP) is 5.99. The van der Waals surface area contributed by atoms with E-state index in [-0.39, 0.29) is 0 Å². The van der Waals surface area contributed by atoms with Crippen LogP contribution in [-0.4, -0.2) is 17.5 Å². The molecule has 6 aliphatic carbocycles. The molecule has 0 aliphatic heterocycles. The van der Waals surface area contributed by atoms with Crippen molar-refractivity contribution in [2.75, 3.05) is 6.54 Å². The van der Waals surface area contributed by atoms with Gasteiger partial charge in [0.05, 0.1) is 0 Å². The fraction of sp³-hybridized carbons (Fsp3) is 0.769. The van der Waals surface area contributed by atoms with E-state index in [4.69, 9.17) is 0 Å². The summed E-state index contributed by atoms with van der Waals surface area (Å²) >= 11 is 0. The smallest absolute Gasteiger partial charge is 0.0236 e. The Balaban J connectivity index is 1.20. The van der Waals surface area contributed by atoms with Gasteiger partial charge in [0.25, 0.3) is 0 Å². The van der Waals surface area contributed by atoms with Crippen LogP contribution in [0.15, 0.2) is 18.2 Å². The predicted molar refractivity (Wildman–Crippen MR) is 112 cm³/mol. The zero-order chi connectivity index (χ0) is 17.8. The molecule has 1 heteroatoms. The van der Waals surface area contributed by atoms with Crippen molar-refractivity contribution in [2.24, 2.45) is 29.6 Å². The van der Waals surface area contributed by atoms with Gasteiger partial charge in [0, 0.05) is 19.1 Å². The third-order valence-corrected chi connectivity index (χ3v) is 9.26. The normalized spacial score (nSPS) is 37.4. The van der Waals surface area contributed by atoms with Crippen LogP contribution in [-0.2, 0) is 19.4 Å². The molecule has 0 amide bonds. The van der Waals surface area contributed by atoms with Gasteiger partial charge in [-0.1, -0.05) is 24.6 Å². The van der Waals surface area contributed by atoms with E-state index in [9.17, 15) is 0 Å². The van der Waals surface area contributed by atoms with Crippen molar-refractivity contribution >= 4 is 0 Å². The van der Waals surface area contributed by atoms with Crippen LogP contribution in [0.3, 0.4) is 0 Å². The van der Waals surface area contributed by atoms with E-state index in [2.05, 4.69) is 23.1 Å². The molecule has 0 atom stereocenters. The van der Waals surface area contributed by atoms with Gasteiger partial charge in [-0.2, -0.15) is 0 Å². The number of rotatable bonds is 5. The number of nitrogens with zero attached hydrogens (tertiary/aromatic N) is 1. The average Bonchev–Trinajstić information content (AvgIpc) is 2.62. The van der Waals surface area contributed by atoms with Gasteiger partial charge in [-0.3, -0.25) is 4.90 Å². The lowest BCUT2D eigenvalue weighted by molar-refractivity contribution is -0.0591. The quantitative estimate of drug-likeness (QED) is 0.621. The molecule has 0 radical (unpaired) electrons. The third-order valence-electron chi connectivity index (χ3n) is 9.26. The number of hydrogen-bond donors (Lipinski definition) is 0. The Labute approximate surface area is 165 Å². The first-order valence-electron chi connectivity index (χ1n) is 12.2. The molecule has 6 aliphatic rings. The van der Waals surface area contributed by atoms with Gasteiger partial charge >= 0.3 is 0 Å². The van der Waals surface area contributed by atoms with Gasteiger partial charge in [-0.05, 0) is 117 Å². The summed E-state index contributed by atoms with van der Waals surface area (Å²) in [5, 5.41) is 0. The summed E-state index contributed by atoms with van der Waals surface area (Å²) in [5.74, 6) is 5.40. The van der Waals surface area contributed by atoms with Crippen LogP contribution in [0.2, 0.25) is 0 Å². The summed E-state index contributed by atoms with van der Waals surface area (Å²) in [6.07, 6.45) is 17.7. The van der Waals surface area contributed by atoms with E-state index in [1.54, 1.807) is 48.8 Å². The van der Waals surface area contributed by atoms with Crippen molar-refractivity contribution in [3.05, 3.63) is 34.9 Å². The van der Waals surface area contributed by atoms with Crippen molar-refractivity contribution in [3.8, 4) is 0 Å². The summed E-state index contributed by atoms with van der Waals surface area (Å²) in [4.78, 5) is 2.95. The van der Waals surface area contributed by atoms with E-state index in [1.165, 1.54) is 58.0 Å². The Bertz CT molecular complexity index is 659. The molecule has 0 aromatic heterocycles. The Kier molecular flexibility index (Phi) is 4.37. The molecule has 7 rings (SSSR count). The van der Waals surface area contributed by atoms with Gasteiger partial charge in [0.2, 0.25) is 0 Å². The summed E-state index contributed by atoms with van der Waals surface area (Å²) in [6, 6.07) is 8.40. The van der Waals surface area contributed by atoms with Gasteiger partial charge < -0.3 is 0 Å². The lowest BCUT2D eigenvalue weighted by atomic mass is 9.52. The third kappa shape index (κ3) is 3.18. The minimum atomic E-state index is 0.887. The molecule has 0 saturated heterocycles. The SMILES string of the molecule is c1cc2c(cc1CN(CC1C3CC4CC(C3)CC1C4)C1CCC1)CCCC2. The summed E-state index contributed by atoms with van der Waals surface area (Å²) < 4.78 is 0. The van der Waals surface area contributed by atoms with Crippen molar-refractivity contribution in [1.29, 1.82) is 0 Å². The molecular formula is C26H37N. The molecule has 1 aromatic rings.